The van der Waals surface area contributed by atoms with Crippen LogP contribution in [-0.4, -0.2) is 48.9 Å². The van der Waals surface area contributed by atoms with E-state index >= 15 is 0 Å². The van der Waals surface area contributed by atoms with Gasteiger partial charge >= 0.3 is 0 Å². The van der Waals surface area contributed by atoms with Gasteiger partial charge in [0.1, 0.15) is 11.6 Å². The van der Waals surface area contributed by atoms with Crippen LogP contribution < -0.4 is 15.4 Å². The number of pyridine rings is 1. The largest absolute Gasteiger partial charge is 0.504 e. The van der Waals surface area contributed by atoms with Gasteiger partial charge in [-0.2, -0.15) is 0 Å². The van der Waals surface area contributed by atoms with Crippen molar-refractivity contribution in [3.05, 3.63) is 87.6 Å². The summed E-state index contributed by atoms with van der Waals surface area (Å²) in [6, 6.07) is 12.3. The molecule has 2 atom stereocenters. The van der Waals surface area contributed by atoms with Gasteiger partial charge in [0.25, 0.3) is 0 Å². The number of anilines is 1. The number of Topliss-reactive ketones (excluding diaryl/α,β-unsaturated/α-hetero) is 1. The Hall–Kier alpha value is -3.97. The highest BCUT2D eigenvalue weighted by atomic mass is 16.5. The summed E-state index contributed by atoms with van der Waals surface area (Å²) in [5, 5.41) is 17.3. The fraction of sp³-hybridized carbons (Fsp3) is 0.447. The molecule has 4 rings (SSSR count). The number of ether oxygens (including phenoxy) is 1. The number of benzene rings is 2. The highest BCUT2D eigenvalue weighted by Crippen LogP contribution is 2.38. The van der Waals surface area contributed by atoms with Crippen LogP contribution in [0.5, 0.6) is 11.5 Å². The van der Waals surface area contributed by atoms with Gasteiger partial charge in [0.05, 0.1) is 13.5 Å². The number of carbonyl (C=O) groups is 2. The number of aryl methyl sites for hydroxylation is 2. The molecule has 3 N–H and O–H groups in total. The number of ketones is 2. The van der Waals surface area contributed by atoms with Crippen molar-refractivity contribution in [3.8, 4) is 11.5 Å². The van der Waals surface area contributed by atoms with E-state index in [1.807, 2.05) is 13.2 Å². The van der Waals surface area contributed by atoms with Crippen LogP contribution in [0, 0.1) is 19.8 Å². The third kappa shape index (κ3) is 9.76. The predicted octanol–water partition coefficient (Wildman–Crippen LogP) is 7.30. The van der Waals surface area contributed by atoms with Crippen molar-refractivity contribution in [2.75, 3.05) is 32.6 Å². The number of nitrogens with one attached hydrogen (secondary N) is 2. The normalized spacial score (nSPS) is 15.0. The Morgan fingerprint density at radius 3 is 2.62 bits per heavy atom. The number of fused-ring (bicyclic) bond motifs is 1. The Kier molecular flexibility index (Phi) is 12.3. The van der Waals surface area contributed by atoms with E-state index in [1.165, 1.54) is 35.4 Å². The first-order valence-corrected chi connectivity index (χ1v) is 16.2. The molecule has 2 aromatic carbocycles. The van der Waals surface area contributed by atoms with Gasteiger partial charge in [-0.15, -0.1) is 0 Å². The molecule has 0 spiro atoms. The molecule has 2 unspecified atom stereocenters. The van der Waals surface area contributed by atoms with E-state index in [1.54, 1.807) is 18.2 Å². The molecule has 0 amide bonds. The fourth-order valence-corrected chi connectivity index (χ4v) is 6.37. The van der Waals surface area contributed by atoms with Crippen molar-refractivity contribution < 1.29 is 19.4 Å². The third-order valence-electron chi connectivity index (χ3n) is 8.58. The zero-order valence-corrected chi connectivity index (χ0v) is 27.5. The summed E-state index contributed by atoms with van der Waals surface area (Å²) < 4.78 is 5.36. The average Bonchev–Trinajstić information content (AvgIpc) is 2.99. The number of unbranched alkanes of at least 4 members (excludes halogenated alkanes) is 2. The number of phenolic OH excluding ortho intramolecular Hbond substituents is 1. The standard InChI is InChI=1S/C38H49N3O4/c1-25(23-39-4)9-7-6-8-10-32(42)22-33(43)12-11-29-21-37(45-5)36(44)20-30(29)18-28-19-35-34(13-14-40-38(35)41-24-28)31-16-26(2)15-27(3)17-31/h11-12,15-17,19-21,24-25,34,39,44H,6-10,13-14,18,22-23H2,1-5H3,(H,40,41). The predicted molar refractivity (Wildman–Crippen MR) is 182 cm³/mol. The van der Waals surface area contributed by atoms with Crippen molar-refractivity contribution in [1.29, 1.82) is 0 Å². The number of nitrogens with zero attached hydrogens (tertiary/aromatic N) is 1. The third-order valence-corrected chi connectivity index (χ3v) is 8.58. The Balaban J connectivity index is 1.45. The first-order chi connectivity index (χ1) is 21.7. The van der Waals surface area contributed by atoms with Gasteiger partial charge in [-0.3, -0.25) is 9.59 Å². The van der Waals surface area contributed by atoms with Gasteiger partial charge in [0.15, 0.2) is 17.3 Å². The Morgan fingerprint density at radius 2 is 1.89 bits per heavy atom. The molecular formula is C38H49N3O4. The smallest absolute Gasteiger partial charge is 0.163 e. The first-order valence-electron chi connectivity index (χ1n) is 16.2. The fourth-order valence-electron chi connectivity index (χ4n) is 6.37. The summed E-state index contributed by atoms with van der Waals surface area (Å²) in [6.45, 7) is 8.36. The van der Waals surface area contributed by atoms with Crippen LogP contribution in [0.4, 0.5) is 5.82 Å². The number of allylic oxidation sites excluding steroid dienone is 1. The van der Waals surface area contributed by atoms with Crippen molar-refractivity contribution >= 4 is 23.5 Å². The maximum atomic E-state index is 12.7. The second-order valence-electron chi connectivity index (χ2n) is 12.6. The Morgan fingerprint density at radius 1 is 1.11 bits per heavy atom. The maximum Gasteiger partial charge on any atom is 0.163 e. The first kappa shape index (κ1) is 33.9. The molecule has 2 heterocycles. The number of aromatic nitrogens is 1. The van der Waals surface area contributed by atoms with Crippen LogP contribution >= 0.6 is 0 Å². The highest BCUT2D eigenvalue weighted by molar-refractivity contribution is 6.06. The van der Waals surface area contributed by atoms with Crippen LogP contribution in [0.25, 0.3) is 6.08 Å². The van der Waals surface area contributed by atoms with Crippen molar-refractivity contribution in [1.82, 2.24) is 10.3 Å². The zero-order chi connectivity index (χ0) is 32.3. The molecule has 0 saturated carbocycles. The number of hydrogen-bond acceptors (Lipinski definition) is 7. The van der Waals surface area contributed by atoms with E-state index in [0.717, 1.165) is 67.7 Å². The SMILES string of the molecule is CNCC(C)CCCCCC(=O)CC(=O)C=Cc1cc(OC)c(O)cc1Cc1cnc2c(c1)C(c1cc(C)cc(C)c1)CCN2. The van der Waals surface area contributed by atoms with Gasteiger partial charge in [-0.05, 0) is 106 Å². The number of hydrogen-bond donors (Lipinski definition) is 3. The number of methoxy groups -OCH3 is 1. The van der Waals surface area contributed by atoms with Crippen molar-refractivity contribution in [3.63, 3.8) is 0 Å². The second-order valence-corrected chi connectivity index (χ2v) is 12.6. The monoisotopic (exact) mass is 611 g/mol. The van der Waals surface area contributed by atoms with Gasteiger partial charge in [0.2, 0.25) is 0 Å². The van der Waals surface area contributed by atoms with E-state index in [4.69, 9.17) is 9.72 Å². The molecule has 1 aliphatic heterocycles. The summed E-state index contributed by atoms with van der Waals surface area (Å²) in [4.78, 5) is 30.0. The summed E-state index contributed by atoms with van der Waals surface area (Å²) in [7, 11) is 3.47. The molecule has 0 bridgehead atoms. The van der Waals surface area contributed by atoms with E-state index in [-0.39, 0.29) is 29.7 Å². The molecule has 0 aliphatic carbocycles. The Bertz CT molecular complexity index is 1490. The minimum atomic E-state index is -0.224. The minimum absolute atomic E-state index is 0.0245. The van der Waals surface area contributed by atoms with Crippen LogP contribution in [0.3, 0.4) is 0 Å². The van der Waals surface area contributed by atoms with Crippen LogP contribution in [0.2, 0.25) is 0 Å². The number of phenols is 1. The molecule has 1 aliphatic rings. The van der Waals surface area contributed by atoms with E-state index < -0.39 is 0 Å². The van der Waals surface area contributed by atoms with Crippen LogP contribution in [0.15, 0.2) is 48.7 Å². The average molecular weight is 612 g/mol. The summed E-state index contributed by atoms with van der Waals surface area (Å²) >= 11 is 0. The van der Waals surface area contributed by atoms with Gasteiger partial charge in [-0.1, -0.05) is 55.2 Å². The van der Waals surface area contributed by atoms with Gasteiger partial charge < -0.3 is 20.5 Å². The zero-order valence-electron chi connectivity index (χ0n) is 27.5. The lowest BCUT2D eigenvalue weighted by Gasteiger charge is -2.27. The van der Waals surface area contributed by atoms with Crippen molar-refractivity contribution in [2.45, 2.75) is 78.1 Å². The van der Waals surface area contributed by atoms with E-state index in [0.29, 0.717) is 24.5 Å². The lowest BCUT2D eigenvalue weighted by Crippen LogP contribution is -2.19. The Labute approximate surface area is 268 Å². The lowest BCUT2D eigenvalue weighted by atomic mass is 9.84. The van der Waals surface area contributed by atoms with Gasteiger partial charge in [-0.25, -0.2) is 4.98 Å². The number of carbonyl (C=O) groups excluding carboxylic acids is 2. The summed E-state index contributed by atoms with van der Waals surface area (Å²) in [5.74, 6) is 1.89. The van der Waals surface area contributed by atoms with Crippen LogP contribution in [0.1, 0.15) is 96.7 Å². The molecule has 7 nitrogen and oxygen atoms in total. The molecule has 7 heteroatoms. The topological polar surface area (TPSA) is 101 Å². The molecule has 240 valence electrons. The van der Waals surface area contributed by atoms with E-state index in [9.17, 15) is 14.7 Å². The molecule has 45 heavy (non-hydrogen) atoms. The minimum Gasteiger partial charge on any atom is -0.504 e. The van der Waals surface area contributed by atoms with Gasteiger partial charge in [0, 0.05) is 30.6 Å². The summed E-state index contributed by atoms with van der Waals surface area (Å²) in [6.07, 6.45) is 10.9. The quantitative estimate of drug-likeness (QED) is 0.0888. The molecule has 3 aromatic rings. The van der Waals surface area contributed by atoms with E-state index in [2.05, 4.69) is 55.7 Å². The molecule has 0 radical (unpaired) electrons. The molecule has 1 aromatic heterocycles. The second kappa shape index (κ2) is 16.4. The maximum absolute atomic E-state index is 12.7. The summed E-state index contributed by atoms with van der Waals surface area (Å²) in [5.41, 5.74) is 7.56. The molecular weight excluding hydrogens is 562 g/mol. The highest BCUT2D eigenvalue weighted by Gasteiger charge is 2.24. The lowest BCUT2D eigenvalue weighted by molar-refractivity contribution is -0.124. The molecule has 0 fully saturated rings. The van der Waals surface area contributed by atoms with Crippen LogP contribution in [-0.2, 0) is 16.0 Å². The van der Waals surface area contributed by atoms with Crippen molar-refractivity contribution in [2.24, 2.45) is 5.92 Å². The molecule has 0 saturated heterocycles. The number of aromatic hydroxyl groups is 1. The number of rotatable bonds is 16.